The van der Waals surface area contributed by atoms with E-state index in [4.69, 9.17) is 30.4 Å². The molecule has 5 N–H and O–H groups in total. The lowest BCUT2D eigenvalue weighted by molar-refractivity contribution is -0.140. The minimum atomic E-state index is -4.39. The zero-order chi connectivity index (χ0) is 30.4. The summed E-state index contributed by atoms with van der Waals surface area (Å²) in [6, 6.07) is 12.2. The molecule has 0 unspecified atom stereocenters. The van der Waals surface area contributed by atoms with Crippen molar-refractivity contribution in [3.8, 4) is 17.6 Å². The molecule has 1 aromatic heterocycles. The molecule has 0 radical (unpaired) electrons. The highest BCUT2D eigenvalue weighted by Crippen LogP contribution is 2.31. The van der Waals surface area contributed by atoms with Crippen molar-refractivity contribution in [1.29, 1.82) is 0 Å². The number of nitrogens with one attached hydrogen (secondary N) is 1. The number of fused-ring (bicyclic) bond motifs is 1. The molecule has 9 nitrogen and oxygen atoms in total. The van der Waals surface area contributed by atoms with Crippen LogP contribution in [0.3, 0.4) is 0 Å². The number of likely N-dealkylation sites (N-methyl/N-ethyl adjacent to an activating group) is 1. The monoisotopic (exact) mass is 609 g/mol. The topological polar surface area (TPSA) is 109 Å². The van der Waals surface area contributed by atoms with Gasteiger partial charge < -0.3 is 40.3 Å². The summed E-state index contributed by atoms with van der Waals surface area (Å²) in [5.41, 5.74) is 13.1. The fourth-order valence-electron chi connectivity index (χ4n) is 3.95. The number of methoxy groups -OCH3 is 1. The van der Waals surface area contributed by atoms with Gasteiger partial charge in [0.1, 0.15) is 12.3 Å². The number of benzene rings is 2. The van der Waals surface area contributed by atoms with Crippen molar-refractivity contribution in [2.24, 2.45) is 5.73 Å². The van der Waals surface area contributed by atoms with Gasteiger partial charge in [-0.15, -0.1) is 0 Å². The van der Waals surface area contributed by atoms with E-state index in [1.807, 2.05) is 25.2 Å². The average Bonchev–Trinajstić information content (AvgIpc) is 3.29. The standard InChI is InChI=1S/C29H38F3N5O4S/c1-36(12-14-40-16-18-41-17-15-39-13-10-33)42-23-8-9-26(28(20-23)38-2)35-11-4-5-22-19-24-25(34)6-3-7-27(24)37(22)21-29(30,31)32/h3,6-9,19-20,35H,10-18,21,33-34H2,1-2H3. The maximum atomic E-state index is 13.2. The number of ether oxygens (including phenoxy) is 4. The van der Waals surface area contributed by atoms with Crippen molar-refractivity contribution in [2.45, 2.75) is 17.6 Å². The highest BCUT2D eigenvalue weighted by atomic mass is 32.2. The number of aromatic nitrogens is 1. The number of hydrogen-bond acceptors (Lipinski definition) is 9. The molecule has 3 aromatic rings. The maximum absolute atomic E-state index is 13.2. The molecule has 0 saturated carbocycles. The summed E-state index contributed by atoms with van der Waals surface area (Å²) in [6.07, 6.45) is -4.39. The molecule has 0 bridgehead atoms. The van der Waals surface area contributed by atoms with Gasteiger partial charge in [0.2, 0.25) is 0 Å². The molecule has 230 valence electrons. The minimum absolute atomic E-state index is 0.202. The average molecular weight is 610 g/mol. The van der Waals surface area contributed by atoms with Gasteiger partial charge in [-0.3, -0.25) is 0 Å². The maximum Gasteiger partial charge on any atom is 0.406 e. The second-order valence-corrected chi connectivity index (χ2v) is 10.4. The van der Waals surface area contributed by atoms with Gasteiger partial charge in [-0.1, -0.05) is 12.0 Å². The van der Waals surface area contributed by atoms with E-state index in [0.29, 0.717) is 75.1 Å². The SMILES string of the molecule is COc1cc(SN(C)CCOCCOCCOCCN)ccc1NCC#Cc1cc2c(N)cccc2n1CC(F)(F)F. The first-order valence-electron chi connectivity index (χ1n) is 13.4. The number of anilines is 2. The normalized spacial score (nSPS) is 11.6. The van der Waals surface area contributed by atoms with Crippen molar-refractivity contribution >= 4 is 34.2 Å². The lowest BCUT2D eigenvalue weighted by Gasteiger charge is -2.17. The van der Waals surface area contributed by atoms with Gasteiger partial charge in [-0.25, -0.2) is 4.31 Å². The summed E-state index contributed by atoms with van der Waals surface area (Å²) in [4.78, 5) is 0.973. The summed E-state index contributed by atoms with van der Waals surface area (Å²) < 4.78 is 64.8. The van der Waals surface area contributed by atoms with Crippen LogP contribution in [-0.2, 0) is 20.8 Å². The Morgan fingerprint density at radius 3 is 2.40 bits per heavy atom. The number of rotatable bonds is 17. The van der Waals surface area contributed by atoms with Crippen LogP contribution in [0.15, 0.2) is 47.4 Å². The molecule has 0 aliphatic heterocycles. The first-order valence-corrected chi connectivity index (χ1v) is 14.2. The van der Waals surface area contributed by atoms with Crippen molar-refractivity contribution in [3.05, 3.63) is 48.2 Å². The van der Waals surface area contributed by atoms with Crippen LogP contribution in [0.4, 0.5) is 24.5 Å². The molecule has 3 rings (SSSR count). The molecule has 0 spiro atoms. The van der Waals surface area contributed by atoms with Gasteiger partial charge in [-0.05, 0) is 61.3 Å². The van der Waals surface area contributed by atoms with Crippen molar-refractivity contribution < 1.29 is 32.1 Å². The number of hydrogen-bond donors (Lipinski definition) is 3. The van der Waals surface area contributed by atoms with E-state index < -0.39 is 12.7 Å². The lowest BCUT2D eigenvalue weighted by Crippen LogP contribution is -2.18. The van der Waals surface area contributed by atoms with Gasteiger partial charge in [0.15, 0.2) is 0 Å². The number of alkyl halides is 3. The Labute approximate surface area is 248 Å². The molecule has 2 aromatic carbocycles. The second kappa shape index (κ2) is 17.1. The Balaban J connectivity index is 1.49. The molecule has 0 aliphatic carbocycles. The highest BCUT2D eigenvalue weighted by molar-refractivity contribution is 7.97. The zero-order valence-electron chi connectivity index (χ0n) is 23.8. The Bertz CT molecular complexity index is 1330. The van der Waals surface area contributed by atoms with Crippen LogP contribution in [0.1, 0.15) is 5.69 Å². The van der Waals surface area contributed by atoms with Crippen molar-refractivity contribution in [3.63, 3.8) is 0 Å². The molecule has 0 saturated heterocycles. The van der Waals surface area contributed by atoms with E-state index >= 15 is 0 Å². The molecule has 13 heteroatoms. The van der Waals surface area contributed by atoms with Crippen molar-refractivity contribution in [2.75, 3.05) is 84.5 Å². The van der Waals surface area contributed by atoms with Crippen LogP contribution in [0.25, 0.3) is 10.9 Å². The van der Waals surface area contributed by atoms with E-state index in [-0.39, 0.29) is 12.2 Å². The number of halogens is 3. The van der Waals surface area contributed by atoms with Gasteiger partial charge in [0, 0.05) is 29.1 Å². The largest absolute Gasteiger partial charge is 0.495 e. The third-order valence-electron chi connectivity index (χ3n) is 5.89. The van der Waals surface area contributed by atoms with Crippen LogP contribution >= 0.6 is 11.9 Å². The predicted octanol–water partition coefficient (Wildman–Crippen LogP) is 4.21. The fourth-order valence-corrected chi connectivity index (χ4v) is 4.77. The molecule has 0 aliphatic rings. The first kappa shape index (κ1) is 33.4. The zero-order valence-corrected chi connectivity index (χ0v) is 24.7. The number of nitrogens with two attached hydrogens (primary N) is 2. The molecule has 0 amide bonds. The third kappa shape index (κ3) is 10.9. The Hall–Kier alpha value is -3.12. The smallest absolute Gasteiger partial charge is 0.406 e. The Morgan fingerprint density at radius 2 is 1.71 bits per heavy atom. The molecular formula is C29H38F3N5O4S. The van der Waals surface area contributed by atoms with Gasteiger partial charge in [-0.2, -0.15) is 13.2 Å². The van der Waals surface area contributed by atoms with Crippen LogP contribution in [0.2, 0.25) is 0 Å². The van der Waals surface area contributed by atoms with E-state index in [9.17, 15) is 13.2 Å². The van der Waals surface area contributed by atoms with E-state index in [0.717, 1.165) is 15.1 Å². The lowest BCUT2D eigenvalue weighted by atomic mass is 10.2. The quantitative estimate of drug-likeness (QED) is 0.0898. The summed E-state index contributed by atoms with van der Waals surface area (Å²) in [5, 5.41) is 3.72. The second-order valence-electron chi connectivity index (χ2n) is 9.10. The van der Waals surface area contributed by atoms with E-state index in [2.05, 4.69) is 21.5 Å². The third-order valence-corrected chi connectivity index (χ3v) is 6.85. The van der Waals surface area contributed by atoms with Crippen LogP contribution < -0.4 is 21.5 Å². The van der Waals surface area contributed by atoms with Crippen LogP contribution in [0, 0.1) is 11.8 Å². The number of nitrogen functional groups attached to an aromatic ring is 1. The van der Waals surface area contributed by atoms with Crippen LogP contribution in [-0.4, -0.2) is 88.5 Å². The molecule has 0 fully saturated rings. The summed E-state index contributed by atoms with van der Waals surface area (Å²) in [5.74, 6) is 6.40. The molecule has 0 atom stereocenters. The number of nitrogens with zero attached hydrogens (tertiary/aromatic N) is 2. The van der Waals surface area contributed by atoms with Crippen LogP contribution in [0.5, 0.6) is 5.75 Å². The predicted molar refractivity (Wildman–Crippen MR) is 161 cm³/mol. The van der Waals surface area contributed by atoms with E-state index in [1.165, 1.54) is 0 Å². The van der Waals surface area contributed by atoms with Gasteiger partial charge in [0.05, 0.1) is 70.2 Å². The Kier molecular flexibility index (Phi) is 13.6. The first-order chi connectivity index (χ1) is 20.2. The molecule has 1 heterocycles. The minimum Gasteiger partial charge on any atom is -0.495 e. The molecular weight excluding hydrogens is 571 g/mol. The fraction of sp³-hybridized carbons (Fsp3) is 0.448. The van der Waals surface area contributed by atoms with E-state index in [1.54, 1.807) is 43.3 Å². The van der Waals surface area contributed by atoms with Crippen molar-refractivity contribution in [1.82, 2.24) is 8.87 Å². The highest BCUT2D eigenvalue weighted by Gasteiger charge is 2.29. The van der Waals surface area contributed by atoms with Gasteiger partial charge in [0.25, 0.3) is 0 Å². The molecule has 42 heavy (non-hydrogen) atoms. The summed E-state index contributed by atoms with van der Waals surface area (Å²) in [7, 11) is 3.55. The summed E-state index contributed by atoms with van der Waals surface area (Å²) >= 11 is 1.55. The Morgan fingerprint density at radius 1 is 1.00 bits per heavy atom. The van der Waals surface area contributed by atoms with Gasteiger partial charge >= 0.3 is 6.18 Å². The summed E-state index contributed by atoms with van der Waals surface area (Å²) in [6.45, 7) is 3.40.